The van der Waals surface area contributed by atoms with Crippen molar-refractivity contribution < 1.29 is 97.2 Å². The summed E-state index contributed by atoms with van der Waals surface area (Å²) < 4.78 is 107. The highest BCUT2D eigenvalue weighted by Crippen LogP contribution is 2.75. The highest BCUT2D eigenvalue weighted by Gasteiger charge is 2.50. The Kier molecular flexibility index (Phi) is 14.7. The molecule has 282 valence electrons. The van der Waals surface area contributed by atoms with Gasteiger partial charge in [-0.2, -0.15) is 21.6 Å². The van der Waals surface area contributed by atoms with Crippen molar-refractivity contribution in [1.82, 2.24) is 14.5 Å². The Morgan fingerprint density at radius 1 is 0.776 bits per heavy atom. The summed E-state index contributed by atoms with van der Waals surface area (Å²) in [6.45, 7) is -1.08. The molecule has 2 aromatic rings. The standard InChI is InChI=1S/C17H33N5O21P6/c18-6-3-1-2-4-8-36-44(24,25)39-46(28,29)41-48(32,33)43-49(34,35)42-47(30,31)40-45(26,27)37-10-14-13(23)9-15(38-14)22-11-21-16-12(19)5-7-20-17(16)22/h5,7,11,13-15,23H,1-4,6,8-10,18H2,(H2,19,20)(H,24,25)(H,26,27)(H,28,29)(H,30,31)(H,32,33)(H,34,35)/t13?,14-,15-/m1/s1. The van der Waals surface area contributed by atoms with Crippen molar-refractivity contribution in [3.8, 4) is 0 Å². The lowest BCUT2D eigenvalue weighted by Crippen LogP contribution is -2.26. The highest BCUT2D eigenvalue weighted by molar-refractivity contribution is 7.72. The van der Waals surface area contributed by atoms with Crippen LogP contribution < -0.4 is 11.5 Å². The molecular formula is C17H33N5O21P6. The number of nitrogens with two attached hydrogens (primary N) is 2. The average Bonchev–Trinajstić information content (AvgIpc) is 3.50. The second-order valence-corrected chi connectivity index (χ2v) is 19.1. The van der Waals surface area contributed by atoms with Crippen molar-refractivity contribution in [2.45, 2.75) is 50.5 Å². The lowest BCUT2D eigenvalue weighted by Gasteiger charge is -2.21. The largest absolute Gasteiger partial charge is 0.490 e. The van der Waals surface area contributed by atoms with Gasteiger partial charge in [-0.15, -0.1) is 0 Å². The van der Waals surface area contributed by atoms with E-state index in [0.717, 1.165) is 0 Å². The monoisotopic (exact) mass is 829 g/mol. The smallest absolute Gasteiger partial charge is 0.397 e. The van der Waals surface area contributed by atoms with Crippen LogP contribution in [0.4, 0.5) is 5.69 Å². The van der Waals surface area contributed by atoms with E-state index < -0.39 is 78.6 Å². The number of nitrogens with zero attached hydrogens (tertiary/aromatic N) is 3. The predicted octanol–water partition coefficient (Wildman–Crippen LogP) is 1.90. The molecule has 3 rings (SSSR count). The van der Waals surface area contributed by atoms with Gasteiger partial charge in [-0.25, -0.2) is 37.4 Å². The fraction of sp³-hybridized carbons (Fsp3) is 0.647. The van der Waals surface area contributed by atoms with Crippen LogP contribution >= 0.6 is 46.9 Å². The van der Waals surface area contributed by atoms with Gasteiger partial charge in [0, 0.05) is 12.6 Å². The molecule has 0 bridgehead atoms. The molecule has 32 heteroatoms. The third kappa shape index (κ3) is 13.9. The molecule has 49 heavy (non-hydrogen) atoms. The Bertz CT molecular complexity index is 1740. The Morgan fingerprint density at radius 2 is 1.29 bits per heavy atom. The number of hydrogen-bond donors (Lipinski definition) is 9. The third-order valence-electron chi connectivity index (χ3n) is 5.79. The molecule has 1 saturated heterocycles. The molecule has 0 spiro atoms. The number of anilines is 1. The first-order chi connectivity index (χ1) is 22.4. The lowest BCUT2D eigenvalue weighted by atomic mass is 10.2. The van der Waals surface area contributed by atoms with Crippen LogP contribution in [0.2, 0.25) is 0 Å². The molecule has 7 unspecified atom stereocenters. The number of nitrogen functional groups attached to an aromatic ring is 1. The van der Waals surface area contributed by atoms with Crippen LogP contribution in [0.1, 0.15) is 38.3 Å². The first-order valence-corrected chi connectivity index (χ1v) is 22.3. The van der Waals surface area contributed by atoms with Crippen molar-refractivity contribution in [3.05, 3.63) is 18.6 Å². The van der Waals surface area contributed by atoms with Crippen molar-refractivity contribution in [3.63, 3.8) is 0 Å². The second-order valence-electron chi connectivity index (χ2n) is 9.71. The van der Waals surface area contributed by atoms with E-state index in [0.29, 0.717) is 37.0 Å². The molecular weight excluding hydrogens is 796 g/mol. The summed E-state index contributed by atoms with van der Waals surface area (Å²) in [7, 11) is -36.4. The number of aromatic nitrogens is 3. The van der Waals surface area contributed by atoms with Crippen LogP contribution in [-0.4, -0.2) is 81.0 Å². The summed E-state index contributed by atoms with van der Waals surface area (Å²) in [6, 6.07) is 1.49. The fourth-order valence-electron chi connectivity index (χ4n) is 3.91. The number of imidazole rings is 1. The summed E-state index contributed by atoms with van der Waals surface area (Å²) in [6.07, 6.45) is 0.836. The van der Waals surface area contributed by atoms with Crippen LogP contribution in [0.5, 0.6) is 0 Å². The van der Waals surface area contributed by atoms with Crippen molar-refractivity contribution in [2.75, 3.05) is 25.5 Å². The Hall–Kier alpha value is -0.840. The number of ether oxygens (including phenoxy) is 1. The van der Waals surface area contributed by atoms with Gasteiger partial charge in [0.15, 0.2) is 5.65 Å². The van der Waals surface area contributed by atoms with E-state index in [4.69, 9.17) is 16.2 Å². The number of aliphatic hydroxyl groups is 1. The summed E-state index contributed by atoms with van der Waals surface area (Å²) in [5.41, 5.74) is 12.0. The minimum absolute atomic E-state index is 0.118. The highest BCUT2D eigenvalue weighted by atomic mass is 31.3. The van der Waals surface area contributed by atoms with Crippen molar-refractivity contribution >= 4 is 63.8 Å². The molecule has 26 nitrogen and oxygen atoms in total. The normalized spacial score (nSPS) is 25.8. The van der Waals surface area contributed by atoms with Gasteiger partial charge in [0.2, 0.25) is 0 Å². The van der Waals surface area contributed by atoms with E-state index in [9.17, 15) is 61.9 Å². The van der Waals surface area contributed by atoms with Crippen LogP contribution in [0.25, 0.3) is 11.2 Å². The van der Waals surface area contributed by atoms with E-state index in [1.165, 1.54) is 23.2 Å². The first-order valence-electron chi connectivity index (χ1n) is 13.4. The quantitative estimate of drug-likeness (QED) is 0.0640. The summed E-state index contributed by atoms with van der Waals surface area (Å²) >= 11 is 0. The maximum atomic E-state index is 12.3. The van der Waals surface area contributed by atoms with E-state index in [1.54, 1.807) is 0 Å². The summed E-state index contributed by atoms with van der Waals surface area (Å²) in [4.78, 5) is 66.0. The number of hydrogen-bond acceptors (Lipinski definition) is 19. The first kappa shape index (κ1) is 42.6. The Labute approximate surface area is 275 Å². The number of unbranched alkanes of at least 4 members (excludes halogenated alkanes) is 3. The topological polar surface area (TPSA) is 401 Å². The van der Waals surface area contributed by atoms with Gasteiger partial charge >= 0.3 is 46.9 Å². The molecule has 0 amide bonds. The third-order valence-corrected chi connectivity index (χ3v) is 15.0. The summed E-state index contributed by atoms with van der Waals surface area (Å²) in [5.74, 6) is 0. The zero-order valence-electron chi connectivity index (χ0n) is 24.6. The van der Waals surface area contributed by atoms with Gasteiger partial charge in [0.25, 0.3) is 0 Å². The van der Waals surface area contributed by atoms with Crippen molar-refractivity contribution in [2.24, 2.45) is 5.73 Å². The Balaban J connectivity index is 1.52. The maximum Gasteiger partial charge on any atom is 0.490 e. The van der Waals surface area contributed by atoms with Crippen LogP contribution in [0.15, 0.2) is 18.6 Å². The number of aliphatic hydroxyl groups excluding tert-OH is 1. The van der Waals surface area contributed by atoms with Gasteiger partial charge in [0.1, 0.15) is 17.8 Å². The number of pyridine rings is 1. The molecule has 1 aliphatic heterocycles. The molecule has 0 aromatic carbocycles. The van der Waals surface area contributed by atoms with E-state index in [-0.39, 0.29) is 18.5 Å². The molecule has 1 aliphatic rings. The molecule has 3 heterocycles. The second kappa shape index (κ2) is 16.9. The van der Waals surface area contributed by atoms with E-state index >= 15 is 0 Å². The summed E-state index contributed by atoms with van der Waals surface area (Å²) in [5, 5.41) is 10.3. The number of fused-ring (bicyclic) bond motifs is 1. The fourth-order valence-corrected chi connectivity index (χ4v) is 11.7. The van der Waals surface area contributed by atoms with Gasteiger partial charge in [-0.3, -0.25) is 13.6 Å². The van der Waals surface area contributed by atoms with Crippen LogP contribution in [0.3, 0.4) is 0 Å². The van der Waals surface area contributed by atoms with Crippen molar-refractivity contribution in [1.29, 1.82) is 0 Å². The molecule has 0 radical (unpaired) electrons. The zero-order chi connectivity index (χ0) is 36.9. The maximum absolute atomic E-state index is 12.3. The SMILES string of the molecule is NCCCCCCOP(=O)(O)OP(=O)(O)OP(=O)(O)OP(=O)(O)OP(=O)(O)OP(=O)(O)OC[C@H]1O[C@@H](n2cnc3c(N)ccnc32)CC1O. The molecule has 11 N–H and O–H groups in total. The molecule has 0 aliphatic carbocycles. The van der Waals surface area contributed by atoms with Crippen LogP contribution in [0, 0.1) is 0 Å². The van der Waals surface area contributed by atoms with Gasteiger partial charge in [-0.05, 0) is 25.5 Å². The number of rotatable bonds is 21. The van der Waals surface area contributed by atoms with Gasteiger partial charge < -0.3 is 50.7 Å². The molecule has 0 saturated carbocycles. The predicted molar refractivity (Wildman–Crippen MR) is 160 cm³/mol. The molecule has 1 fully saturated rings. The van der Waals surface area contributed by atoms with Gasteiger partial charge in [0.05, 0.1) is 31.3 Å². The zero-order valence-corrected chi connectivity index (χ0v) is 30.0. The average molecular weight is 829 g/mol. The number of phosphoric ester groups is 2. The van der Waals surface area contributed by atoms with Crippen LogP contribution in [-0.2, 0) is 62.7 Å². The molecule has 9 atom stereocenters. The number of phosphoric acid groups is 6. The minimum Gasteiger partial charge on any atom is -0.397 e. The van der Waals surface area contributed by atoms with E-state index in [1.807, 2.05) is 0 Å². The lowest BCUT2D eigenvalue weighted by molar-refractivity contribution is -0.0423. The minimum atomic E-state index is -6.41. The van der Waals surface area contributed by atoms with E-state index in [2.05, 4.69) is 40.6 Å². The molecule has 2 aromatic heterocycles. The Morgan fingerprint density at radius 3 is 1.84 bits per heavy atom. The van der Waals surface area contributed by atoms with Gasteiger partial charge in [-0.1, -0.05) is 12.8 Å².